The average Bonchev–Trinajstić information content (AvgIpc) is 1.99. The molecular weight excluding hydrogens is 158 g/mol. The molecule has 0 aromatic rings. The van der Waals surface area contributed by atoms with Crippen LogP contribution in [0, 0.1) is 11.3 Å². The van der Waals surface area contributed by atoms with Gasteiger partial charge in [-0.25, -0.2) is 4.79 Å². The van der Waals surface area contributed by atoms with Crippen molar-refractivity contribution >= 4 is 6.09 Å². The van der Waals surface area contributed by atoms with E-state index in [4.69, 9.17) is 20.9 Å². The van der Waals surface area contributed by atoms with Gasteiger partial charge in [0.25, 0.3) is 0 Å². The topological polar surface area (TPSA) is 113 Å². The number of nitrogens with two attached hydrogens (primary N) is 2. The van der Waals surface area contributed by atoms with Crippen molar-refractivity contribution in [2.24, 2.45) is 11.5 Å². The van der Waals surface area contributed by atoms with Gasteiger partial charge in [0.15, 0.2) is 0 Å². The Bertz CT molecular complexity index is 149. The first-order chi connectivity index (χ1) is 5.54. The molecule has 70 valence electrons. The minimum atomic E-state index is -1.33. The van der Waals surface area contributed by atoms with Crippen LogP contribution in [0.4, 0.5) is 4.79 Å². The average molecular weight is 173 g/mol. The van der Waals surface area contributed by atoms with Gasteiger partial charge in [0.2, 0.25) is 0 Å². The Balaban J connectivity index is 0. The lowest BCUT2D eigenvalue weighted by atomic mass is 10.1. The number of nitrogens with zero attached hydrogens (tertiary/aromatic N) is 1. The third-order valence-electron chi connectivity index (χ3n) is 1.03. The lowest BCUT2D eigenvalue weighted by Crippen LogP contribution is -2.16. The molecule has 0 rings (SSSR count). The summed E-state index contributed by atoms with van der Waals surface area (Å²) in [6, 6.07) is 1.74. The van der Waals surface area contributed by atoms with Gasteiger partial charge in [-0.2, -0.15) is 5.26 Å². The van der Waals surface area contributed by atoms with Crippen LogP contribution in [0.1, 0.15) is 26.2 Å². The van der Waals surface area contributed by atoms with Crippen LogP contribution in [-0.2, 0) is 0 Å². The maximum Gasteiger partial charge on any atom is 0.402 e. The first kappa shape index (κ1) is 13.3. The summed E-state index contributed by atoms with van der Waals surface area (Å²) in [6.45, 7) is 2.09. The van der Waals surface area contributed by atoms with Crippen molar-refractivity contribution in [1.29, 1.82) is 5.26 Å². The highest BCUT2D eigenvalue weighted by molar-refractivity contribution is 5.61. The molecule has 0 aliphatic rings. The number of carbonyl (C=O) groups is 1. The van der Waals surface area contributed by atoms with Crippen molar-refractivity contribution in [3.05, 3.63) is 0 Å². The van der Waals surface area contributed by atoms with Crippen LogP contribution in [0.15, 0.2) is 0 Å². The summed E-state index contributed by atoms with van der Waals surface area (Å²) in [5.74, 6) is 0. The molecule has 0 saturated heterocycles. The van der Waals surface area contributed by atoms with Crippen molar-refractivity contribution in [1.82, 2.24) is 0 Å². The van der Waals surface area contributed by atoms with E-state index in [1.54, 1.807) is 0 Å². The molecule has 0 aromatic carbocycles. The molecule has 0 saturated carbocycles. The Kier molecular flexibility index (Phi) is 10.8. The Labute approximate surface area is 72.0 Å². The summed E-state index contributed by atoms with van der Waals surface area (Å²) in [6.07, 6.45) is 1.69. The smallest absolute Gasteiger partial charge is 0.402 e. The van der Waals surface area contributed by atoms with E-state index in [9.17, 15) is 0 Å². The summed E-state index contributed by atoms with van der Waals surface area (Å²) in [4.78, 5) is 8.78. The molecule has 0 aliphatic carbocycles. The second-order valence-corrected chi connectivity index (χ2v) is 2.22. The maximum absolute atomic E-state index is 8.78. The van der Waals surface area contributed by atoms with Gasteiger partial charge in [-0.05, 0) is 6.42 Å². The monoisotopic (exact) mass is 173 g/mol. The first-order valence-corrected chi connectivity index (χ1v) is 3.68. The molecule has 5 heteroatoms. The second kappa shape index (κ2) is 9.72. The molecule has 0 aliphatic heterocycles. The van der Waals surface area contributed by atoms with Crippen LogP contribution >= 0.6 is 0 Å². The molecule has 0 bridgehead atoms. The highest BCUT2D eigenvalue weighted by atomic mass is 16.4. The Hall–Kier alpha value is -1.28. The van der Waals surface area contributed by atoms with E-state index in [2.05, 4.69) is 12.7 Å². The molecule has 0 aromatic heterocycles. The molecule has 0 radical (unpaired) electrons. The molecular formula is C7H15N3O2. The van der Waals surface area contributed by atoms with Crippen molar-refractivity contribution in [3.63, 3.8) is 0 Å². The van der Waals surface area contributed by atoms with Crippen molar-refractivity contribution in [2.75, 3.05) is 0 Å². The van der Waals surface area contributed by atoms with Crippen molar-refractivity contribution < 1.29 is 9.90 Å². The first-order valence-electron chi connectivity index (χ1n) is 3.68. The van der Waals surface area contributed by atoms with Gasteiger partial charge < -0.3 is 16.6 Å². The number of unbranched alkanes of at least 4 members (excludes halogenated alkanes) is 1. The molecule has 1 unspecified atom stereocenters. The lowest BCUT2D eigenvalue weighted by Gasteiger charge is -1.96. The molecule has 1 amide bonds. The predicted octanol–water partition coefficient (Wildman–Crippen LogP) is 0.651. The van der Waals surface area contributed by atoms with Crippen LogP contribution in [-0.4, -0.2) is 17.2 Å². The lowest BCUT2D eigenvalue weighted by molar-refractivity contribution is 0.205. The SMILES string of the molecule is CCCCC(N)C#N.NC(=O)O. The molecule has 12 heavy (non-hydrogen) atoms. The van der Waals surface area contributed by atoms with Crippen LogP contribution in [0.25, 0.3) is 0 Å². The normalized spacial score (nSPS) is 10.4. The number of hydrogen-bond acceptors (Lipinski definition) is 3. The number of amides is 1. The molecule has 0 fully saturated rings. The molecule has 1 atom stereocenters. The van der Waals surface area contributed by atoms with Crippen LogP contribution in [0.5, 0.6) is 0 Å². The van der Waals surface area contributed by atoms with Crippen LogP contribution < -0.4 is 11.5 Å². The van der Waals surface area contributed by atoms with Gasteiger partial charge in [-0.3, -0.25) is 0 Å². The number of nitriles is 1. The highest BCUT2D eigenvalue weighted by Crippen LogP contribution is 1.95. The van der Waals surface area contributed by atoms with E-state index in [0.29, 0.717) is 0 Å². The van der Waals surface area contributed by atoms with E-state index in [-0.39, 0.29) is 6.04 Å². The van der Waals surface area contributed by atoms with Gasteiger partial charge in [0.05, 0.1) is 12.1 Å². The van der Waals surface area contributed by atoms with Crippen molar-refractivity contribution in [3.8, 4) is 6.07 Å². The van der Waals surface area contributed by atoms with E-state index in [1.165, 1.54) is 0 Å². The number of rotatable bonds is 3. The Morgan fingerprint density at radius 3 is 2.42 bits per heavy atom. The fourth-order valence-corrected chi connectivity index (χ4v) is 0.489. The zero-order valence-corrected chi connectivity index (χ0v) is 7.16. The molecule has 5 N–H and O–H groups in total. The van der Waals surface area contributed by atoms with Crippen LogP contribution in [0.2, 0.25) is 0 Å². The fraction of sp³-hybridized carbons (Fsp3) is 0.714. The van der Waals surface area contributed by atoms with Gasteiger partial charge >= 0.3 is 6.09 Å². The number of primary amides is 1. The minimum Gasteiger partial charge on any atom is -0.465 e. The summed E-state index contributed by atoms with van der Waals surface area (Å²) in [5, 5.41) is 15.4. The second-order valence-electron chi connectivity index (χ2n) is 2.22. The summed E-state index contributed by atoms with van der Waals surface area (Å²) < 4.78 is 0. The third-order valence-corrected chi connectivity index (χ3v) is 1.03. The molecule has 0 spiro atoms. The summed E-state index contributed by atoms with van der Waals surface area (Å²) in [7, 11) is 0. The quantitative estimate of drug-likeness (QED) is 0.581. The third kappa shape index (κ3) is 23.3. The predicted molar refractivity (Wildman–Crippen MR) is 45.3 cm³/mol. The zero-order valence-electron chi connectivity index (χ0n) is 7.16. The number of carboxylic acid groups (broad SMARTS) is 1. The van der Waals surface area contributed by atoms with E-state index in [1.807, 2.05) is 6.07 Å². The zero-order chi connectivity index (χ0) is 9.98. The van der Waals surface area contributed by atoms with Crippen molar-refractivity contribution in [2.45, 2.75) is 32.2 Å². The highest BCUT2D eigenvalue weighted by Gasteiger charge is 1.95. The van der Waals surface area contributed by atoms with Gasteiger partial charge in [0, 0.05) is 0 Å². The van der Waals surface area contributed by atoms with Crippen LogP contribution in [0.3, 0.4) is 0 Å². The molecule has 5 nitrogen and oxygen atoms in total. The Morgan fingerprint density at radius 1 is 1.75 bits per heavy atom. The van der Waals surface area contributed by atoms with E-state index < -0.39 is 6.09 Å². The number of hydrogen-bond donors (Lipinski definition) is 3. The summed E-state index contributed by atoms with van der Waals surface area (Å²) in [5.41, 5.74) is 9.33. The standard InChI is InChI=1S/C6H12N2.CH3NO2/c1-2-3-4-6(8)5-7;2-1(3)4/h6H,2-4,8H2,1H3;2H2,(H,3,4). The fourth-order valence-electron chi connectivity index (χ4n) is 0.489. The largest absolute Gasteiger partial charge is 0.465 e. The minimum absolute atomic E-state index is 0.241. The molecule has 0 heterocycles. The van der Waals surface area contributed by atoms with Gasteiger partial charge in [0.1, 0.15) is 0 Å². The summed E-state index contributed by atoms with van der Waals surface area (Å²) >= 11 is 0. The van der Waals surface area contributed by atoms with Gasteiger partial charge in [-0.15, -0.1) is 0 Å². The van der Waals surface area contributed by atoms with Gasteiger partial charge in [-0.1, -0.05) is 19.8 Å². The Morgan fingerprint density at radius 2 is 2.17 bits per heavy atom. The van der Waals surface area contributed by atoms with E-state index in [0.717, 1.165) is 19.3 Å². The van der Waals surface area contributed by atoms with E-state index >= 15 is 0 Å². The maximum atomic E-state index is 8.78.